The molecule has 1 aliphatic rings. The molecule has 1 fully saturated rings. The van der Waals surface area contributed by atoms with E-state index in [2.05, 4.69) is 5.32 Å². The molecule has 1 N–H and O–H groups in total. The van der Waals surface area contributed by atoms with Crippen molar-refractivity contribution in [3.8, 4) is 11.3 Å². The molecule has 0 unspecified atom stereocenters. The number of rotatable bonds is 5. The Balaban J connectivity index is 1.59. The van der Waals surface area contributed by atoms with Crippen molar-refractivity contribution in [1.82, 2.24) is 10.2 Å². The highest BCUT2D eigenvalue weighted by Gasteiger charge is 2.34. The monoisotopic (exact) mass is 441 g/mol. The molecule has 1 aliphatic heterocycles. The van der Waals surface area contributed by atoms with E-state index in [1.807, 2.05) is 0 Å². The number of nitro benzene ring substituents is 1. The molecule has 4 rings (SSSR count). The largest absolute Gasteiger partial charge is 0.456 e. The summed E-state index contributed by atoms with van der Waals surface area (Å²) in [5.41, 5.74) is 0.111. The molecule has 1 aromatic heterocycles. The summed E-state index contributed by atoms with van der Waals surface area (Å²) in [5, 5.41) is 13.9. The van der Waals surface area contributed by atoms with Crippen LogP contribution in [0.1, 0.15) is 11.3 Å². The summed E-state index contributed by atoms with van der Waals surface area (Å²) in [7, 11) is 0. The first-order chi connectivity index (χ1) is 14.8. The van der Waals surface area contributed by atoms with E-state index in [0.29, 0.717) is 0 Å². The molecule has 0 saturated carbocycles. The van der Waals surface area contributed by atoms with Gasteiger partial charge in [-0.3, -0.25) is 19.8 Å². The van der Waals surface area contributed by atoms with Crippen LogP contribution in [0.4, 0.5) is 14.9 Å². The zero-order chi connectivity index (χ0) is 22.1. The lowest BCUT2D eigenvalue weighted by molar-refractivity contribution is -0.384. The summed E-state index contributed by atoms with van der Waals surface area (Å²) in [4.78, 5) is 36.4. The number of halogens is 2. The van der Waals surface area contributed by atoms with Gasteiger partial charge >= 0.3 is 6.03 Å². The van der Waals surface area contributed by atoms with E-state index < -0.39 is 22.7 Å². The number of benzene rings is 2. The topological polar surface area (TPSA) is 106 Å². The maximum Gasteiger partial charge on any atom is 0.329 e. The van der Waals surface area contributed by atoms with Gasteiger partial charge in [0.1, 0.15) is 23.0 Å². The number of hydrogen-bond donors (Lipinski definition) is 1. The van der Waals surface area contributed by atoms with Gasteiger partial charge in [0.2, 0.25) is 0 Å². The highest BCUT2D eigenvalue weighted by molar-refractivity contribution is 6.30. The summed E-state index contributed by atoms with van der Waals surface area (Å²) in [6.45, 7) is -0.227. The number of nitrogens with one attached hydrogen (secondary N) is 1. The van der Waals surface area contributed by atoms with Crippen LogP contribution < -0.4 is 5.32 Å². The van der Waals surface area contributed by atoms with E-state index >= 15 is 0 Å². The molecule has 3 amide bonds. The van der Waals surface area contributed by atoms with Gasteiger partial charge < -0.3 is 9.73 Å². The van der Waals surface area contributed by atoms with Crippen molar-refractivity contribution < 1.29 is 23.3 Å². The van der Waals surface area contributed by atoms with Gasteiger partial charge in [-0.1, -0.05) is 29.8 Å². The summed E-state index contributed by atoms with van der Waals surface area (Å²) < 4.78 is 19.5. The molecule has 0 spiro atoms. The molecule has 8 nitrogen and oxygen atoms in total. The average molecular weight is 442 g/mol. The van der Waals surface area contributed by atoms with E-state index in [1.54, 1.807) is 6.07 Å². The van der Waals surface area contributed by atoms with Crippen molar-refractivity contribution in [1.29, 1.82) is 0 Å². The second kappa shape index (κ2) is 8.04. The molecule has 3 aromatic rings. The van der Waals surface area contributed by atoms with Crippen LogP contribution in [0.3, 0.4) is 0 Å². The van der Waals surface area contributed by atoms with Crippen molar-refractivity contribution >= 4 is 35.3 Å². The molecule has 1 saturated heterocycles. The molecular weight excluding hydrogens is 429 g/mol. The van der Waals surface area contributed by atoms with Crippen LogP contribution >= 0.6 is 11.6 Å². The Morgan fingerprint density at radius 3 is 2.68 bits per heavy atom. The number of amides is 3. The average Bonchev–Trinajstić information content (AvgIpc) is 3.29. The Morgan fingerprint density at radius 2 is 1.94 bits per heavy atom. The maximum atomic E-state index is 13.9. The third-order valence-electron chi connectivity index (χ3n) is 4.58. The van der Waals surface area contributed by atoms with Gasteiger partial charge in [-0.2, -0.15) is 0 Å². The number of nitro groups is 1. The number of imide groups is 1. The minimum atomic E-state index is -0.695. The fourth-order valence-corrected chi connectivity index (χ4v) is 3.26. The molecule has 156 valence electrons. The van der Waals surface area contributed by atoms with Gasteiger partial charge in [0.05, 0.1) is 17.0 Å². The van der Waals surface area contributed by atoms with Gasteiger partial charge in [0, 0.05) is 22.7 Å². The van der Waals surface area contributed by atoms with E-state index in [0.717, 1.165) is 4.90 Å². The minimum Gasteiger partial charge on any atom is -0.456 e. The molecule has 31 heavy (non-hydrogen) atoms. The lowest BCUT2D eigenvalue weighted by Crippen LogP contribution is -2.30. The van der Waals surface area contributed by atoms with Crippen LogP contribution in [0.25, 0.3) is 17.4 Å². The van der Waals surface area contributed by atoms with Gasteiger partial charge in [0.25, 0.3) is 11.6 Å². The Labute approximate surface area is 179 Å². The summed E-state index contributed by atoms with van der Waals surface area (Å²) in [6, 6.07) is 12.3. The van der Waals surface area contributed by atoms with Gasteiger partial charge in [-0.15, -0.1) is 0 Å². The molecule has 0 radical (unpaired) electrons. The zero-order valence-electron chi connectivity index (χ0n) is 15.7. The molecular formula is C21H13ClFN3O5. The second-order valence-corrected chi connectivity index (χ2v) is 7.03. The fourth-order valence-electron chi connectivity index (χ4n) is 3.09. The number of nitrogens with zero attached hydrogens (tertiary/aromatic N) is 2. The third-order valence-corrected chi connectivity index (χ3v) is 4.82. The fraction of sp³-hybridized carbons (Fsp3) is 0.0476. The Hall–Kier alpha value is -3.98. The summed E-state index contributed by atoms with van der Waals surface area (Å²) >= 11 is 5.83. The van der Waals surface area contributed by atoms with Crippen LogP contribution in [0.2, 0.25) is 5.02 Å². The number of urea groups is 1. The quantitative estimate of drug-likeness (QED) is 0.266. The van der Waals surface area contributed by atoms with Crippen LogP contribution in [0.15, 0.2) is 64.7 Å². The number of hydrogen-bond acceptors (Lipinski definition) is 5. The Kier molecular flexibility index (Phi) is 5.26. The van der Waals surface area contributed by atoms with Gasteiger partial charge in [-0.25, -0.2) is 9.18 Å². The smallest absolute Gasteiger partial charge is 0.329 e. The highest BCUT2D eigenvalue weighted by Crippen LogP contribution is 2.34. The first-order valence-electron chi connectivity index (χ1n) is 8.95. The van der Waals surface area contributed by atoms with Crippen molar-refractivity contribution in [3.05, 3.63) is 92.6 Å². The van der Waals surface area contributed by atoms with Crippen LogP contribution in [0.5, 0.6) is 0 Å². The molecule has 0 bridgehead atoms. The first kappa shape index (κ1) is 20.3. The lowest BCUT2D eigenvalue weighted by atomic mass is 10.1. The number of furan rings is 1. The van der Waals surface area contributed by atoms with Crippen molar-refractivity contribution in [2.75, 3.05) is 0 Å². The SMILES string of the molecule is O=C1N/C(=C/c2ccc(-c3ccc(Cl)cc3[N+](=O)[O-])o2)C(=O)N1Cc1ccccc1F. The number of carbonyl (C=O) groups excluding carboxylic acids is 2. The first-order valence-corrected chi connectivity index (χ1v) is 9.33. The third kappa shape index (κ3) is 4.03. The standard InChI is InChI=1S/C21H13ClFN3O5/c22-13-5-7-15(18(9-13)26(29)30)19-8-6-14(31-19)10-17-20(27)25(21(28)24-17)11-12-3-1-2-4-16(12)23/h1-10H,11H2,(H,24,28)/b17-10+. The summed E-state index contributed by atoms with van der Waals surface area (Å²) in [6.07, 6.45) is 1.30. The Bertz CT molecular complexity index is 1250. The molecule has 0 aliphatic carbocycles. The molecule has 2 heterocycles. The Morgan fingerprint density at radius 1 is 1.16 bits per heavy atom. The van der Waals surface area contributed by atoms with Gasteiger partial charge in [-0.05, 0) is 30.3 Å². The predicted molar refractivity (Wildman–Crippen MR) is 109 cm³/mol. The second-order valence-electron chi connectivity index (χ2n) is 6.59. The molecule has 10 heteroatoms. The van der Waals surface area contributed by atoms with Gasteiger partial charge in [0.15, 0.2) is 0 Å². The van der Waals surface area contributed by atoms with Crippen molar-refractivity contribution in [2.24, 2.45) is 0 Å². The van der Waals surface area contributed by atoms with Crippen LogP contribution in [0, 0.1) is 15.9 Å². The number of carbonyl (C=O) groups is 2. The van der Waals surface area contributed by atoms with E-state index in [9.17, 15) is 24.1 Å². The van der Waals surface area contributed by atoms with E-state index in [4.69, 9.17) is 16.0 Å². The lowest BCUT2D eigenvalue weighted by Gasteiger charge is -2.12. The van der Waals surface area contributed by atoms with Crippen molar-refractivity contribution in [3.63, 3.8) is 0 Å². The molecule has 2 aromatic carbocycles. The van der Waals surface area contributed by atoms with Crippen LogP contribution in [-0.4, -0.2) is 21.8 Å². The van der Waals surface area contributed by atoms with Crippen molar-refractivity contribution in [2.45, 2.75) is 6.54 Å². The maximum absolute atomic E-state index is 13.9. The summed E-state index contributed by atoms with van der Waals surface area (Å²) in [5.74, 6) is -0.796. The normalized spacial score (nSPS) is 14.9. The van der Waals surface area contributed by atoms with E-state index in [-0.39, 0.29) is 45.6 Å². The minimum absolute atomic E-state index is 0.0622. The highest BCUT2D eigenvalue weighted by atomic mass is 35.5. The predicted octanol–water partition coefficient (Wildman–Crippen LogP) is 4.74. The zero-order valence-corrected chi connectivity index (χ0v) is 16.4. The van der Waals surface area contributed by atoms with Crippen LogP contribution in [-0.2, 0) is 11.3 Å². The van der Waals surface area contributed by atoms with E-state index in [1.165, 1.54) is 54.6 Å². The molecule has 0 atom stereocenters.